The van der Waals surface area contributed by atoms with Crippen molar-refractivity contribution in [3.8, 4) is 0 Å². The molecule has 1 heterocycles. The predicted octanol–water partition coefficient (Wildman–Crippen LogP) is 2.27. The highest BCUT2D eigenvalue weighted by atomic mass is 16.3. The van der Waals surface area contributed by atoms with Crippen LogP contribution in [0.2, 0.25) is 0 Å². The Balaban J connectivity index is 2.58. The summed E-state index contributed by atoms with van der Waals surface area (Å²) in [5.41, 5.74) is -0.401. The molecule has 0 amide bonds. The van der Waals surface area contributed by atoms with E-state index < -0.39 is 5.60 Å². The smallest absolute Gasteiger partial charge is 0.0700 e. The molecule has 0 aromatic heterocycles. The molecule has 0 aromatic carbocycles. The van der Waals surface area contributed by atoms with E-state index in [-0.39, 0.29) is 0 Å². The Hall–Kier alpha value is -0.0800. The van der Waals surface area contributed by atoms with Crippen molar-refractivity contribution in [1.82, 2.24) is 4.90 Å². The summed E-state index contributed by atoms with van der Waals surface area (Å²) in [7, 11) is 2.15. The molecule has 0 unspecified atom stereocenters. The van der Waals surface area contributed by atoms with E-state index in [0.29, 0.717) is 12.0 Å². The average molecular weight is 199 g/mol. The zero-order chi connectivity index (χ0) is 10.8. The zero-order valence-corrected chi connectivity index (χ0v) is 10.1. The molecule has 1 aliphatic rings. The third-order valence-electron chi connectivity index (χ3n) is 3.84. The van der Waals surface area contributed by atoms with Gasteiger partial charge in [-0.3, -0.25) is 0 Å². The van der Waals surface area contributed by atoms with Crippen LogP contribution in [0.3, 0.4) is 0 Å². The number of hydrogen-bond acceptors (Lipinski definition) is 2. The molecule has 84 valence electrons. The number of rotatable bonds is 3. The lowest BCUT2D eigenvalue weighted by Gasteiger charge is -2.46. The molecule has 1 rings (SSSR count). The molecule has 14 heavy (non-hydrogen) atoms. The van der Waals surface area contributed by atoms with Crippen molar-refractivity contribution in [1.29, 1.82) is 0 Å². The number of nitrogens with zero attached hydrogens (tertiary/aromatic N) is 1. The fraction of sp³-hybridized carbons (Fsp3) is 1.00. The van der Waals surface area contributed by atoms with E-state index in [9.17, 15) is 5.11 Å². The second kappa shape index (κ2) is 4.63. The standard InChI is InChI=1S/C12H25NO/c1-5-6-7-12(14)8-11(3)13(4)9-10(12)2/h10-11,14H,5-9H2,1-4H3/t10-,11-,12+/m1/s1. The molecule has 1 N–H and O–H groups in total. The maximum atomic E-state index is 10.5. The number of hydrogen-bond donors (Lipinski definition) is 1. The minimum absolute atomic E-state index is 0.401. The van der Waals surface area contributed by atoms with Gasteiger partial charge in [-0.1, -0.05) is 26.7 Å². The first kappa shape index (κ1) is 12.0. The first-order valence-electron chi connectivity index (χ1n) is 5.92. The van der Waals surface area contributed by atoms with Gasteiger partial charge in [-0.2, -0.15) is 0 Å². The highest BCUT2D eigenvalue weighted by molar-refractivity contribution is 4.93. The van der Waals surface area contributed by atoms with E-state index in [0.717, 1.165) is 25.8 Å². The van der Waals surface area contributed by atoms with E-state index in [4.69, 9.17) is 0 Å². The third kappa shape index (κ3) is 2.48. The van der Waals surface area contributed by atoms with Gasteiger partial charge in [0.05, 0.1) is 5.60 Å². The van der Waals surface area contributed by atoms with Gasteiger partial charge < -0.3 is 10.0 Å². The van der Waals surface area contributed by atoms with Crippen molar-refractivity contribution in [2.75, 3.05) is 13.6 Å². The first-order chi connectivity index (χ1) is 6.49. The van der Waals surface area contributed by atoms with E-state index in [1.54, 1.807) is 0 Å². The number of likely N-dealkylation sites (tertiary alicyclic amines) is 1. The van der Waals surface area contributed by atoms with Gasteiger partial charge in [0.25, 0.3) is 0 Å². The Morgan fingerprint density at radius 2 is 2.07 bits per heavy atom. The van der Waals surface area contributed by atoms with Crippen LogP contribution in [0.25, 0.3) is 0 Å². The minimum atomic E-state index is -0.401. The van der Waals surface area contributed by atoms with Gasteiger partial charge in [0.1, 0.15) is 0 Å². The molecule has 2 heteroatoms. The SMILES string of the molecule is CCCC[C@]1(O)C[C@@H](C)N(C)C[C@H]1C. The van der Waals surface area contributed by atoms with Crippen LogP contribution in [0.1, 0.15) is 46.5 Å². The molecule has 0 saturated carbocycles. The monoisotopic (exact) mass is 199 g/mol. The van der Waals surface area contributed by atoms with E-state index in [2.05, 4.69) is 32.7 Å². The second-order valence-electron chi connectivity index (χ2n) is 5.10. The van der Waals surface area contributed by atoms with Crippen molar-refractivity contribution >= 4 is 0 Å². The summed E-state index contributed by atoms with van der Waals surface area (Å²) in [6.07, 6.45) is 4.24. The van der Waals surface area contributed by atoms with Crippen LogP contribution in [0, 0.1) is 5.92 Å². The van der Waals surface area contributed by atoms with Crippen LogP contribution in [-0.4, -0.2) is 35.2 Å². The van der Waals surface area contributed by atoms with E-state index >= 15 is 0 Å². The van der Waals surface area contributed by atoms with Gasteiger partial charge in [0.2, 0.25) is 0 Å². The lowest BCUT2D eigenvalue weighted by molar-refractivity contribution is -0.0848. The number of aliphatic hydroxyl groups is 1. The summed E-state index contributed by atoms with van der Waals surface area (Å²) in [5.74, 6) is 0.412. The van der Waals surface area contributed by atoms with Crippen LogP contribution in [0.5, 0.6) is 0 Å². The molecule has 1 aliphatic heterocycles. The lowest BCUT2D eigenvalue weighted by atomic mass is 9.76. The maximum absolute atomic E-state index is 10.5. The average Bonchev–Trinajstić information content (AvgIpc) is 2.12. The Kier molecular flexibility index (Phi) is 3.96. The third-order valence-corrected chi connectivity index (χ3v) is 3.84. The second-order valence-corrected chi connectivity index (χ2v) is 5.10. The summed E-state index contributed by atoms with van der Waals surface area (Å²) < 4.78 is 0. The molecule has 3 atom stereocenters. The molecule has 1 fully saturated rings. The Morgan fingerprint density at radius 1 is 1.43 bits per heavy atom. The van der Waals surface area contributed by atoms with Crippen molar-refractivity contribution in [3.63, 3.8) is 0 Å². The summed E-state index contributed by atoms with van der Waals surface area (Å²) in [4.78, 5) is 2.35. The fourth-order valence-corrected chi connectivity index (χ4v) is 2.48. The molecule has 2 nitrogen and oxygen atoms in total. The number of unbranched alkanes of at least 4 members (excludes halogenated alkanes) is 1. The fourth-order valence-electron chi connectivity index (χ4n) is 2.48. The number of piperidine rings is 1. The minimum Gasteiger partial charge on any atom is -0.390 e. The Bertz CT molecular complexity index is 183. The van der Waals surface area contributed by atoms with Gasteiger partial charge in [-0.15, -0.1) is 0 Å². The topological polar surface area (TPSA) is 23.5 Å². The van der Waals surface area contributed by atoms with Gasteiger partial charge in [0.15, 0.2) is 0 Å². The van der Waals surface area contributed by atoms with Crippen molar-refractivity contribution < 1.29 is 5.11 Å². The molecule has 0 radical (unpaired) electrons. The van der Waals surface area contributed by atoms with Gasteiger partial charge >= 0.3 is 0 Å². The van der Waals surface area contributed by atoms with Crippen LogP contribution in [0.15, 0.2) is 0 Å². The van der Waals surface area contributed by atoms with Crippen LogP contribution >= 0.6 is 0 Å². The Labute approximate surface area is 88.3 Å². The molecule has 0 aliphatic carbocycles. The largest absolute Gasteiger partial charge is 0.390 e. The Morgan fingerprint density at radius 3 is 2.64 bits per heavy atom. The van der Waals surface area contributed by atoms with Gasteiger partial charge in [0, 0.05) is 12.6 Å². The van der Waals surface area contributed by atoms with Crippen molar-refractivity contribution in [2.24, 2.45) is 5.92 Å². The highest BCUT2D eigenvalue weighted by Crippen LogP contribution is 2.34. The molecule has 0 aromatic rings. The van der Waals surface area contributed by atoms with Gasteiger partial charge in [-0.25, -0.2) is 0 Å². The van der Waals surface area contributed by atoms with Crippen LogP contribution in [0.4, 0.5) is 0 Å². The van der Waals surface area contributed by atoms with Crippen molar-refractivity contribution in [3.05, 3.63) is 0 Å². The summed E-state index contributed by atoms with van der Waals surface area (Å²) in [6, 6.07) is 0.521. The summed E-state index contributed by atoms with van der Waals surface area (Å²) in [5, 5.41) is 10.5. The van der Waals surface area contributed by atoms with Crippen LogP contribution < -0.4 is 0 Å². The molecular weight excluding hydrogens is 174 g/mol. The molecule has 0 spiro atoms. The van der Waals surface area contributed by atoms with Gasteiger partial charge in [-0.05, 0) is 32.7 Å². The van der Waals surface area contributed by atoms with E-state index in [1.807, 2.05) is 0 Å². The first-order valence-corrected chi connectivity index (χ1v) is 5.92. The normalized spacial score (nSPS) is 40.1. The summed E-state index contributed by atoms with van der Waals surface area (Å²) >= 11 is 0. The predicted molar refractivity (Wildman–Crippen MR) is 60.3 cm³/mol. The maximum Gasteiger partial charge on any atom is 0.0700 e. The summed E-state index contributed by atoms with van der Waals surface area (Å²) in [6.45, 7) is 7.61. The molecule has 0 bridgehead atoms. The molecular formula is C12H25NO. The molecule has 1 saturated heterocycles. The van der Waals surface area contributed by atoms with Crippen molar-refractivity contribution in [2.45, 2.75) is 58.1 Å². The lowest BCUT2D eigenvalue weighted by Crippen LogP contribution is -2.53. The quantitative estimate of drug-likeness (QED) is 0.753. The van der Waals surface area contributed by atoms with Crippen LogP contribution in [-0.2, 0) is 0 Å². The highest BCUT2D eigenvalue weighted by Gasteiger charge is 2.40. The van der Waals surface area contributed by atoms with E-state index in [1.165, 1.54) is 6.42 Å². The zero-order valence-electron chi connectivity index (χ0n) is 10.1.